The Morgan fingerprint density at radius 3 is 3.00 bits per heavy atom. The molecule has 0 aliphatic rings. The first-order chi connectivity index (χ1) is 6.77. The maximum Gasteiger partial charge on any atom is 0.108 e. The highest BCUT2D eigenvalue weighted by atomic mass is 15.1. The molecular formula is C11H21N3. The third-order valence-electron chi connectivity index (χ3n) is 2.46. The van der Waals surface area contributed by atoms with Gasteiger partial charge < -0.3 is 10.3 Å². The number of rotatable bonds is 6. The van der Waals surface area contributed by atoms with E-state index in [0.29, 0.717) is 5.92 Å². The van der Waals surface area contributed by atoms with E-state index in [0.717, 1.165) is 32.4 Å². The fourth-order valence-corrected chi connectivity index (χ4v) is 1.67. The summed E-state index contributed by atoms with van der Waals surface area (Å²) in [6.07, 6.45) is 7.24. The average molecular weight is 195 g/mol. The Kier molecular flexibility index (Phi) is 4.66. The van der Waals surface area contributed by atoms with E-state index in [-0.39, 0.29) is 0 Å². The Labute approximate surface area is 86.3 Å². The first-order valence-corrected chi connectivity index (χ1v) is 5.48. The van der Waals surface area contributed by atoms with Crippen LogP contribution in [0.15, 0.2) is 12.4 Å². The molecule has 0 bridgehead atoms. The minimum atomic E-state index is 0.637. The van der Waals surface area contributed by atoms with E-state index < -0.39 is 0 Å². The molecule has 14 heavy (non-hydrogen) atoms. The van der Waals surface area contributed by atoms with Crippen LogP contribution in [0.5, 0.6) is 0 Å². The first-order valence-electron chi connectivity index (χ1n) is 5.48. The maximum absolute atomic E-state index is 5.53. The van der Waals surface area contributed by atoms with Crippen LogP contribution in [-0.4, -0.2) is 16.1 Å². The largest absolute Gasteiger partial charge is 0.335 e. The van der Waals surface area contributed by atoms with Crippen molar-refractivity contribution in [3.63, 3.8) is 0 Å². The van der Waals surface area contributed by atoms with Crippen molar-refractivity contribution in [2.45, 2.75) is 39.7 Å². The molecule has 0 aromatic carbocycles. The van der Waals surface area contributed by atoms with Gasteiger partial charge in [-0.2, -0.15) is 0 Å². The monoisotopic (exact) mass is 195 g/mol. The van der Waals surface area contributed by atoms with E-state index in [1.807, 2.05) is 6.20 Å². The third-order valence-corrected chi connectivity index (χ3v) is 2.46. The molecule has 0 amide bonds. The summed E-state index contributed by atoms with van der Waals surface area (Å²) in [4.78, 5) is 4.38. The zero-order chi connectivity index (χ0) is 10.4. The van der Waals surface area contributed by atoms with Gasteiger partial charge in [0.05, 0.1) is 0 Å². The van der Waals surface area contributed by atoms with Crippen LogP contribution in [0.2, 0.25) is 0 Å². The summed E-state index contributed by atoms with van der Waals surface area (Å²) < 4.78 is 2.24. The van der Waals surface area contributed by atoms with Crippen LogP contribution in [0.25, 0.3) is 0 Å². The van der Waals surface area contributed by atoms with E-state index in [2.05, 4.69) is 29.6 Å². The standard InChI is InChI=1S/C11H21N3/c1-3-7-14-8-6-13-11(14)9-10(2)4-5-12/h6,8,10H,3-5,7,9,12H2,1-2H3. The van der Waals surface area contributed by atoms with Gasteiger partial charge in [0.15, 0.2) is 0 Å². The second-order valence-electron chi connectivity index (χ2n) is 3.92. The van der Waals surface area contributed by atoms with Crippen molar-refractivity contribution in [1.29, 1.82) is 0 Å². The predicted molar refractivity (Wildman–Crippen MR) is 59.1 cm³/mol. The van der Waals surface area contributed by atoms with Gasteiger partial charge in [-0.1, -0.05) is 13.8 Å². The lowest BCUT2D eigenvalue weighted by atomic mass is 10.0. The van der Waals surface area contributed by atoms with Crippen LogP contribution in [0.1, 0.15) is 32.5 Å². The van der Waals surface area contributed by atoms with Gasteiger partial charge in [0, 0.05) is 25.4 Å². The van der Waals surface area contributed by atoms with Crippen LogP contribution < -0.4 is 5.73 Å². The Balaban J connectivity index is 2.52. The van der Waals surface area contributed by atoms with E-state index >= 15 is 0 Å². The number of aromatic nitrogens is 2. The molecule has 1 unspecified atom stereocenters. The molecule has 3 nitrogen and oxygen atoms in total. The van der Waals surface area contributed by atoms with Crippen molar-refractivity contribution in [3.05, 3.63) is 18.2 Å². The van der Waals surface area contributed by atoms with Gasteiger partial charge in [0.25, 0.3) is 0 Å². The molecule has 80 valence electrons. The molecular weight excluding hydrogens is 174 g/mol. The molecule has 0 spiro atoms. The van der Waals surface area contributed by atoms with Gasteiger partial charge >= 0.3 is 0 Å². The molecule has 1 aromatic heterocycles. The lowest BCUT2D eigenvalue weighted by molar-refractivity contribution is 0.503. The molecule has 3 heteroatoms. The molecule has 1 rings (SSSR count). The van der Waals surface area contributed by atoms with Gasteiger partial charge in [-0.05, 0) is 25.3 Å². The van der Waals surface area contributed by atoms with Crippen molar-refractivity contribution < 1.29 is 0 Å². The van der Waals surface area contributed by atoms with Crippen LogP contribution in [0.3, 0.4) is 0 Å². The highest BCUT2D eigenvalue weighted by molar-refractivity contribution is 4.93. The fraction of sp³-hybridized carbons (Fsp3) is 0.727. The zero-order valence-corrected chi connectivity index (χ0v) is 9.24. The topological polar surface area (TPSA) is 43.8 Å². The number of hydrogen-bond donors (Lipinski definition) is 1. The normalized spacial score (nSPS) is 13.1. The quantitative estimate of drug-likeness (QED) is 0.752. The molecule has 2 N–H and O–H groups in total. The van der Waals surface area contributed by atoms with Crippen molar-refractivity contribution in [1.82, 2.24) is 9.55 Å². The van der Waals surface area contributed by atoms with E-state index in [9.17, 15) is 0 Å². The van der Waals surface area contributed by atoms with Gasteiger partial charge in [-0.25, -0.2) is 4.98 Å². The van der Waals surface area contributed by atoms with Crippen LogP contribution in [0.4, 0.5) is 0 Å². The van der Waals surface area contributed by atoms with E-state index in [4.69, 9.17) is 5.73 Å². The van der Waals surface area contributed by atoms with Crippen LogP contribution in [0, 0.1) is 5.92 Å². The summed E-state index contributed by atoms with van der Waals surface area (Å²) in [5, 5.41) is 0. The molecule has 0 aliphatic carbocycles. The lowest BCUT2D eigenvalue weighted by Crippen LogP contribution is -2.11. The maximum atomic E-state index is 5.53. The molecule has 0 aliphatic heterocycles. The number of nitrogens with zero attached hydrogens (tertiary/aromatic N) is 2. The van der Waals surface area contributed by atoms with Gasteiger partial charge in [0.2, 0.25) is 0 Å². The number of nitrogens with two attached hydrogens (primary N) is 1. The Hall–Kier alpha value is -0.830. The molecule has 1 aromatic rings. The fourth-order valence-electron chi connectivity index (χ4n) is 1.67. The SMILES string of the molecule is CCCn1ccnc1CC(C)CCN. The Bertz CT molecular complexity index is 255. The number of imidazole rings is 1. The van der Waals surface area contributed by atoms with Crippen LogP contribution >= 0.6 is 0 Å². The lowest BCUT2D eigenvalue weighted by Gasteiger charge is -2.11. The first kappa shape index (κ1) is 11.2. The van der Waals surface area contributed by atoms with Gasteiger partial charge in [-0.3, -0.25) is 0 Å². The van der Waals surface area contributed by atoms with Crippen molar-refractivity contribution in [2.75, 3.05) is 6.54 Å². The summed E-state index contributed by atoms with van der Waals surface area (Å²) in [6.45, 7) is 6.27. The van der Waals surface area contributed by atoms with Crippen molar-refractivity contribution >= 4 is 0 Å². The highest BCUT2D eigenvalue weighted by Gasteiger charge is 2.07. The summed E-state index contributed by atoms with van der Waals surface area (Å²) in [5.74, 6) is 1.84. The minimum absolute atomic E-state index is 0.637. The molecule has 1 heterocycles. The van der Waals surface area contributed by atoms with Crippen molar-refractivity contribution in [2.24, 2.45) is 11.7 Å². The predicted octanol–water partition coefficient (Wildman–Crippen LogP) is 1.82. The highest BCUT2D eigenvalue weighted by Crippen LogP contribution is 2.10. The third kappa shape index (κ3) is 3.14. The second kappa shape index (κ2) is 5.81. The van der Waals surface area contributed by atoms with Crippen LogP contribution in [-0.2, 0) is 13.0 Å². The zero-order valence-electron chi connectivity index (χ0n) is 9.24. The molecule has 1 atom stereocenters. The molecule has 0 saturated heterocycles. The average Bonchev–Trinajstić information content (AvgIpc) is 2.54. The summed E-state index contributed by atoms with van der Waals surface area (Å²) in [7, 11) is 0. The molecule has 0 saturated carbocycles. The number of aryl methyl sites for hydroxylation is 1. The summed E-state index contributed by atoms with van der Waals surface area (Å²) in [5.41, 5.74) is 5.53. The summed E-state index contributed by atoms with van der Waals surface area (Å²) in [6, 6.07) is 0. The Morgan fingerprint density at radius 1 is 1.57 bits per heavy atom. The Morgan fingerprint density at radius 2 is 2.36 bits per heavy atom. The molecule has 0 radical (unpaired) electrons. The molecule has 0 fully saturated rings. The van der Waals surface area contributed by atoms with Gasteiger partial charge in [0.1, 0.15) is 5.82 Å². The smallest absolute Gasteiger partial charge is 0.108 e. The second-order valence-corrected chi connectivity index (χ2v) is 3.92. The van der Waals surface area contributed by atoms with E-state index in [1.165, 1.54) is 5.82 Å². The van der Waals surface area contributed by atoms with Crippen molar-refractivity contribution in [3.8, 4) is 0 Å². The summed E-state index contributed by atoms with van der Waals surface area (Å²) >= 11 is 0. The van der Waals surface area contributed by atoms with E-state index in [1.54, 1.807) is 0 Å². The van der Waals surface area contributed by atoms with Gasteiger partial charge in [-0.15, -0.1) is 0 Å². The number of hydrogen-bond acceptors (Lipinski definition) is 2. The minimum Gasteiger partial charge on any atom is -0.335 e.